The first kappa shape index (κ1) is 15.7. The third kappa shape index (κ3) is 2.39. The van der Waals surface area contributed by atoms with E-state index < -0.39 is 22.9 Å². The molecule has 2 heterocycles. The van der Waals surface area contributed by atoms with E-state index in [-0.39, 0.29) is 32.6 Å². The Hall–Kier alpha value is -2.80. The minimum Gasteiger partial charge on any atom is -0.422 e. The fourth-order valence-corrected chi connectivity index (χ4v) is 3.05. The molecular formula is C17H7ClF3NO3. The smallest absolute Gasteiger partial charge is 0.416 e. The number of H-pyrrole nitrogens is 1. The average Bonchev–Trinajstić information content (AvgIpc) is 2.53. The second kappa shape index (κ2) is 5.10. The molecule has 0 aliphatic carbocycles. The lowest BCUT2D eigenvalue weighted by molar-refractivity contribution is -0.137. The van der Waals surface area contributed by atoms with Gasteiger partial charge in [-0.1, -0.05) is 11.6 Å². The molecule has 0 saturated heterocycles. The number of hydrogen-bond donors (Lipinski definition) is 1. The molecule has 0 amide bonds. The number of pyridine rings is 1. The van der Waals surface area contributed by atoms with E-state index in [4.69, 9.17) is 16.0 Å². The number of alkyl halides is 3. The van der Waals surface area contributed by atoms with Crippen LogP contribution >= 0.6 is 11.6 Å². The second-order valence-corrected chi connectivity index (χ2v) is 5.93. The lowest BCUT2D eigenvalue weighted by Gasteiger charge is -2.10. The topological polar surface area (TPSA) is 63.1 Å². The Kier molecular flexibility index (Phi) is 3.20. The molecule has 0 saturated carbocycles. The highest BCUT2D eigenvalue weighted by Crippen LogP contribution is 2.34. The molecular weight excluding hydrogens is 359 g/mol. The Morgan fingerprint density at radius 2 is 1.72 bits per heavy atom. The van der Waals surface area contributed by atoms with Crippen molar-refractivity contribution >= 4 is 44.2 Å². The summed E-state index contributed by atoms with van der Waals surface area (Å²) in [7, 11) is 0. The van der Waals surface area contributed by atoms with Crippen LogP contribution in [0.5, 0.6) is 0 Å². The van der Waals surface area contributed by atoms with Crippen LogP contribution in [-0.4, -0.2) is 4.98 Å². The Morgan fingerprint density at radius 3 is 2.44 bits per heavy atom. The van der Waals surface area contributed by atoms with Crippen LogP contribution in [0.2, 0.25) is 5.02 Å². The van der Waals surface area contributed by atoms with Crippen LogP contribution in [-0.2, 0) is 6.18 Å². The Morgan fingerprint density at radius 1 is 0.960 bits per heavy atom. The van der Waals surface area contributed by atoms with Gasteiger partial charge in [-0.25, -0.2) is 4.79 Å². The van der Waals surface area contributed by atoms with Gasteiger partial charge in [-0.15, -0.1) is 0 Å². The quantitative estimate of drug-likeness (QED) is 0.369. The van der Waals surface area contributed by atoms with E-state index in [2.05, 4.69) is 4.98 Å². The van der Waals surface area contributed by atoms with Crippen LogP contribution in [0, 0.1) is 0 Å². The van der Waals surface area contributed by atoms with E-state index in [0.29, 0.717) is 5.02 Å². The Labute approximate surface area is 141 Å². The number of hydrogen-bond acceptors (Lipinski definition) is 3. The van der Waals surface area contributed by atoms with Gasteiger partial charge >= 0.3 is 11.8 Å². The van der Waals surface area contributed by atoms with Crippen molar-refractivity contribution in [3.63, 3.8) is 0 Å². The number of halogens is 4. The van der Waals surface area contributed by atoms with E-state index in [1.54, 1.807) is 0 Å². The minimum atomic E-state index is -4.57. The first-order valence-corrected chi connectivity index (χ1v) is 7.43. The lowest BCUT2D eigenvalue weighted by atomic mass is 10.0. The summed E-state index contributed by atoms with van der Waals surface area (Å²) in [5, 5.41) is 0.408. The van der Waals surface area contributed by atoms with Gasteiger partial charge in [0.05, 0.1) is 5.56 Å². The van der Waals surface area contributed by atoms with Gasteiger partial charge in [-0.2, -0.15) is 13.2 Å². The van der Waals surface area contributed by atoms with Gasteiger partial charge in [0.1, 0.15) is 11.0 Å². The first-order chi connectivity index (χ1) is 11.8. The molecule has 4 nitrogen and oxygen atoms in total. The number of aromatic amines is 1. The predicted octanol–water partition coefficient (Wildman–Crippen LogP) is 4.46. The van der Waals surface area contributed by atoms with Crippen molar-refractivity contribution in [3.8, 4) is 0 Å². The highest BCUT2D eigenvalue weighted by atomic mass is 35.5. The number of rotatable bonds is 0. The number of fused-ring (bicyclic) bond motifs is 5. The number of aromatic nitrogens is 1. The summed E-state index contributed by atoms with van der Waals surface area (Å²) in [6.45, 7) is 0. The summed E-state index contributed by atoms with van der Waals surface area (Å²) < 4.78 is 44.3. The average molecular weight is 366 g/mol. The van der Waals surface area contributed by atoms with E-state index in [0.717, 1.165) is 18.2 Å². The molecule has 126 valence electrons. The van der Waals surface area contributed by atoms with Gasteiger partial charge in [-0.3, -0.25) is 4.79 Å². The van der Waals surface area contributed by atoms with Crippen LogP contribution in [0.4, 0.5) is 13.2 Å². The third-order valence-corrected chi connectivity index (χ3v) is 4.19. The van der Waals surface area contributed by atoms with Crippen molar-refractivity contribution in [1.82, 2.24) is 4.98 Å². The molecule has 0 fully saturated rings. The molecule has 25 heavy (non-hydrogen) atoms. The van der Waals surface area contributed by atoms with Crippen molar-refractivity contribution in [2.45, 2.75) is 6.18 Å². The zero-order chi connectivity index (χ0) is 17.9. The van der Waals surface area contributed by atoms with Gasteiger partial charge in [0, 0.05) is 26.7 Å². The fraction of sp³-hybridized carbons (Fsp3) is 0.0588. The predicted molar refractivity (Wildman–Crippen MR) is 88.1 cm³/mol. The van der Waals surface area contributed by atoms with Crippen LogP contribution in [0.1, 0.15) is 5.56 Å². The maximum atomic E-state index is 13.1. The van der Waals surface area contributed by atoms with E-state index in [1.165, 1.54) is 18.2 Å². The summed E-state index contributed by atoms with van der Waals surface area (Å²) >= 11 is 5.97. The monoisotopic (exact) mass is 365 g/mol. The van der Waals surface area contributed by atoms with Crippen molar-refractivity contribution < 1.29 is 17.6 Å². The van der Waals surface area contributed by atoms with Gasteiger partial charge < -0.3 is 9.40 Å². The zero-order valence-corrected chi connectivity index (χ0v) is 13.0. The largest absolute Gasteiger partial charge is 0.422 e. The standard InChI is InChI=1S/C17H7ClF3NO3/c18-8-2-4-12-10(6-8)13-9-5-7(17(19,20)21)1-3-11(9)22-15(23)14(13)16(24)25-12/h1-6H,(H,22,23). The first-order valence-electron chi connectivity index (χ1n) is 7.05. The molecule has 0 aliphatic rings. The highest BCUT2D eigenvalue weighted by molar-refractivity contribution is 6.32. The van der Waals surface area contributed by atoms with E-state index >= 15 is 0 Å². The van der Waals surface area contributed by atoms with E-state index in [1.807, 2.05) is 0 Å². The third-order valence-electron chi connectivity index (χ3n) is 3.96. The molecule has 0 aliphatic heterocycles. The SMILES string of the molecule is O=c1[nH]c2ccc(C(F)(F)F)cc2c2c1c(=O)oc1ccc(Cl)cc12. The summed E-state index contributed by atoms with van der Waals surface area (Å²) in [6, 6.07) is 7.28. The Balaban J connectivity index is 2.36. The molecule has 0 atom stereocenters. The minimum absolute atomic E-state index is 0.0820. The maximum absolute atomic E-state index is 13.1. The second-order valence-electron chi connectivity index (χ2n) is 5.49. The molecule has 8 heteroatoms. The van der Waals surface area contributed by atoms with Crippen LogP contribution in [0.15, 0.2) is 50.4 Å². The van der Waals surface area contributed by atoms with Crippen molar-refractivity contribution in [2.24, 2.45) is 0 Å². The molecule has 2 aromatic heterocycles. The Bertz CT molecular complexity index is 1280. The van der Waals surface area contributed by atoms with Gasteiger partial charge in [-0.05, 0) is 36.4 Å². The number of nitrogens with one attached hydrogen (secondary N) is 1. The number of benzene rings is 2. The molecule has 0 bridgehead atoms. The summed E-state index contributed by atoms with van der Waals surface area (Å²) in [6.07, 6.45) is -4.57. The molecule has 1 N–H and O–H groups in total. The molecule has 4 aromatic rings. The summed E-state index contributed by atoms with van der Waals surface area (Å²) in [4.78, 5) is 26.9. The molecule has 0 radical (unpaired) electrons. The lowest BCUT2D eigenvalue weighted by Crippen LogP contribution is -2.16. The summed E-state index contributed by atoms with van der Waals surface area (Å²) in [5.41, 5.74) is -2.25. The van der Waals surface area contributed by atoms with Crippen LogP contribution in [0.3, 0.4) is 0 Å². The van der Waals surface area contributed by atoms with Gasteiger partial charge in [0.15, 0.2) is 0 Å². The fourth-order valence-electron chi connectivity index (χ4n) is 2.88. The van der Waals surface area contributed by atoms with Crippen molar-refractivity contribution in [1.29, 1.82) is 0 Å². The van der Waals surface area contributed by atoms with Crippen LogP contribution < -0.4 is 11.2 Å². The normalized spacial score (nSPS) is 12.3. The highest BCUT2D eigenvalue weighted by Gasteiger charge is 2.31. The van der Waals surface area contributed by atoms with Crippen molar-refractivity contribution in [3.05, 3.63) is 67.8 Å². The molecule has 0 unspecified atom stereocenters. The zero-order valence-electron chi connectivity index (χ0n) is 12.2. The molecule has 2 aromatic carbocycles. The van der Waals surface area contributed by atoms with Gasteiger partial charge in [0.2, 0.25) is 0 Å². The van der Waals surface area contributed by atoms with E-state index in [9.17, 15) is 22.8 Å². The van der Waals surface area contributed by atoms with Crippen molar-refractivity contribution in [2.75, 3.05) is 0 Å². The maximum Gasteiger partial charge on any atom is 0.416 e. The molecule has 4 rings (SSSR count). The van der Waals surface area contributed by atoms with Gasteiger partial charge in [0.25, 0.3) is 5.56 Å². The molecule has 0 spiro atoms. The van der Waals surface area contributed by atoms with Crippen LogP contribution in [0.25, 0.3) is 32.6 Å². The summed E-state index contributed by atoms with van der Waals surface area (Å²) in [5.74, 6) is 0.